The van der Waals surface area contributed by atoms with Gasteiger partial charge in [-0.3, -0.25) is 4.79 Å². The third kappa shape index (κ3) is 11.2. The van der Waals surface area contributed by atoms with Crippen molar-refractivity contribution >= 4 is 12.0 Å². The molecule has 0 heterocycles. The smallest absolute Gasteiger partial charge is 0.410 e. The Balaban J connectivity index is 4.17. The Labute approximate surface area is 146 Å². The van der Waals surface area contributed by atoms with Crippen molar-refractivity contribution in [2.24, 2.45) is 0 Å². The van der Waals surface area contributed by atoms with Crippen molar-refractivity contribution in [1.29, 1.82) is 0 Å². The van der Waals surface area contributed by atoms with E-state index in [2.05, 4.69) is 5.32 Å². The predicted octanol–water partition coefficient (Wildman–Crippen LogP) is 2.19. The zero-order valence-corrected chi connectivity index (χ0v) is 16.0. The van der Waals surface area contributed by atoms with Gasteiger partial charge in [0.15, 0.2) is 0 Å². The highest BCUT2D eigenvalue weighted by molar-refractivity contribution is 5.80. The van der Waals surface area contributed by atoms with E-state index in [0.717, 1.165) is 6.42 Å². The molecule has 0 bridgehead atoms. The second kappa shape index (κ2) is 12.1. The van der Waals surface area contributed by atoms with Gasteiger partial charge in [-0.25, -0.2) is 4.79 Å². The van der Waals surface area contributed by atoms with Crippen molar-refractivity contribution in [3.63, 3.8) is 0 Å². The molecule has 7 nitrogen and oxygen atoms in total. The molecule has 1 N–H and O–H groups in total. The summed E-state index contributed by atoms with van der Waals surface area (Å²) in [5.74, 6) is -0.202. The number of hydrogen-bond acceptors (Lipinski definition) is 5. The van der Waals surface area contributed by atoms with E-state index in [9.17, 15) is 9.59 Å². The van der Waals surface area contributed by atoms with Crippen molar-refractivity contribution in [2.75, 3.05) is 39.5 Å². The first-order chi connectivity index (χ1) is 11.2. The largest absolute Gasteiger partial charge is 0.444 e. The Morgan fingerprint density at radius 2 is 1.79 bits per heavy atom. The van der Waals surface area contributed by atoms with Gasteiger partial charge in [0.05, 0.1) is 13.2 Å². The van der Waals surface area contributed by atoms with Gasteiger partial charge in [0.2, 0.25) is 5.91 Å². The normalized spacial score (nSPS) is 12.6. The zero-order chi connectivity index (χ0) is 18.6. The van der Waals surface area contributed by atoms with E-state index in [1.165, 1.54) is 0 Å². The van der Waals surface area contributed by atoms with Gasteiger partial charge in [-0.1, -0.05) is 6.92 Å². The minimum absolute atomic E-state index is 0.202. The van der Waals surface area contributed by atoms with Crippen LogP contribution in [0.3, 0.4) is 0 Å². The monoisotopic (exact) mass is 346 g/mol. The van der Waals surface area contributed by atoms with Crippen LogP contribution in [0.25, 0.3) is 0 Å². The first kappa shape index (κ1) is 22.7. The number of nitrogens with one attached hydrogen (secondary N) is 1. The fourth-order valence-corrected chi connectivity index (χ4v) is 1.85. The maximum Gasteiger partial charge on any atom is 0.410 e. The summed E-state index contributed by atoms with van der Waals surface area (Å²) in [5, 5.41) is 2.78. The van der Waals surface area contributed by atoms with Crippen LogP contribution in [0, 0.1) is 0 Å². The molecule has 0 radical (unpaired) electrons. The standard InChI is InChI=1S/C17H34N2O5/c1-7-10-19(16(21)24-17(4,5)6)11-9-18-15(20)14(3)23-13-12-22-8-2/h14H,7-13H2,1-6H3,(H,18,20)/t14-/m0/s1. The van der Waals surface area contributed by atoms with Crippen LogP contribution < -0.4 is 5.32 Å². The van der Waals surface area contributed by atoms with Crippen molar-refractivity contribution in [3.8, 4) is 0 Å². The number of carbonyl (C=O) groups is 2. The van der Waals surface area contributed by atoms with Crippen LogP contribution in [0.5, 0.6) is 0 Å². The highest BCUT2D eigenvalue weighted by atomic mass is 16.6. The summed E-state index contributed by atoms with van der Waals surface area (Å²) < 4.78 is 15.9. The number of ether oxygens (including phenoxy) is 3. The Kier molecular flexibility index (Phi) is 11.4. The quantitative estimate of drug-likeness (QED) is 0.580. The second-order valence-electron chi connectivity index (χ2n) is 6.47. The van der Waals surface area contributed by atoms with Crippen LogP contribution in [0.15, 0.2) is 0 Å². The van der Waals surface area contributed by atoms with Gasteiger partial charge in [0.1, 0.15) is 11.7 Å². The number of nitrogens with zero attached hydrogens (tertiary/aromatic N) is 1. The van der Waals surface area contributed by atoms with Crippen molar-refractivity contribution in [2.45, 2.75) is 59.7 Å². The molecule has 0 aromatic heterocycles. The zero-order valence-electron chi connectivity index (χ0n) is 16.0. The van der Waals surface area contributed by atoms with E-state index in [0.29, 0.717) is 39.5 Å². The molecule has 1 atom stereocenters. The third-order valence-electron chi connectivity index (χ3n) is 3.00. The van der Waals surface area contributed by atoms with Gasteiger partial charge in [0, 0.05) is 26.2 Å². The van der Waals surface area contributed by atoms with E-state index in [1.54, 1.807) is 11.8 Å². The van der Waals surface area contributed by atoms with Crippen LogP contribution in [-0.4, -0.2) is 68.1 Å². The Morgan fingerprint density at radius 3 is 2.33 bits per heavy atom. The SMILES string of the molecule is CCCN(CCNC(=O)[C@H](C)OCCOCC)C(=O)OC(C)(C)C. The molecule has 0 saturated heterocycles. The Morgan fingerprint density at radius 1 is 1.12 bits per heavy atom. The maximum atomic E-state index is 12.1. The molecular weight excluding hydrogens is 312 g/mol. The lowest BCUT2D eigenvalue weighted by atomic mass is 10.2. The molecule has 0 aliphatic rings. The maximum absolute atomic E-state index is 12.1. The van der Waals surface area contributed by atoms with E-state index in [1.807, 2.05) is 34.6 Å². The summed E-state index contributed by atoms with van der Waals surface area (Å²) in [5.41, 5.74) is -0.533. The summed E-state index contributed by atoms with van der Waals surface area (Å²) in [6.07, 6.45) is -0.0874. The first-order valence-electron chi connectivity index (χ1n) is 8.66. The fourth-order valence-electron chi connectivity index (χ4n) is 1.85. The van der Waals surface area contributed by atoms with Crippen LogP contribution in [0.1, 0.15) is 48.0 Å². The van der Waals surface area contributed by atoms with E-state index < -0.39 is 11.7 Å². The number of carbonyl (C=O) groups excluding carboxylic acids is 2. The highest BCUT2D eigenvalue weighted by Gasteiger charge is 2.21. The molecule has 0 aliphatic carbocycles. The minimum Gasteiger partial charge on any atom is -0.444 e. The van der Waals surface area contributed by atoms with Crippen molar-refractivity contribution < 1.29 is 23.8 Å². The lowest BCUT2D eigenvalue weighted by molar-refractivity contribution is -0.132. The van der Waals surface area contributed by atoms with Gasteiger partial charge in [0.25, 0.3) is 0 Å². The summed E-state index contributed by atoms with van der Waals surface area (Å²) >= 11 is 0. The molecule has 0 aromatic rings. The molecule has 0 spiro atoms. The molecule has 0 unspecified atom stereocenters. The van der Waals surface area contributed by atoms with Crippen LogP contribution in [-0.2, 0) is 19.0 Å². The Bertz CT molecular complexity index is 368. The average Bonchev–Trinajstić information content (AvgIpc) is 2.48. The molecule has 24 heavy (non-hydrogen) atoms. The molecule has 0 aromatic carbocycles. The van der Waals surface area contributed by atoms with Gasteiger partial charge >= 0.3 is 6.09 Å². The van der Waals surface area contributed by atoms with E-state index >= 15 is 0 Å². The van der Waals surface area contributed by atoms with Crippen LogP contribution in [0.4, 0.5) is 4.79 Å². The molecule has 0 fully saturated rings. The van der Waals surface area contributed by atoms with Crippen molar-refractivity contribution in [3.05, 3.63) is 0 Å². The molecule has 0 aliphatic heterocycles. The Hall–Kier alpha value is -1.34. The van der Waals surface area contributed by atoms with E-state index in [-0.39, 0.29) is 12.0 Å². The molecule has 7 heteroatoms. The van der Waals surface area contributed by atoms with Gasteiger partial charge in [-0.2, -0.15) is 0 Å². The number of amides is 2. The highest BCUT2D eigenvalue weighted by Crippen LogP contribution is 2.10. The van der Waals surface area contributed by atoms with Crippen molar-refractivity contribution in [1.82, 2.24) is 10.2 Å². The summed E-state index contributed by atoms with van der Waals surface area (Å²) in [6, 6.07) is 0. The predicted molar refractivity (Wildman–Crippen MR) is 93.0 cm³/mol. The van der Waals surface area contributed by atoms with Crippen LogP contribution in [0.2, 0.25) is 0 Å². The van der Waals surface area contributed by atoms with Gasteiger partial charge in [-0.05, 0) is 41.0 Å². The summed E-state index contributed by atoms with van der Waals surface area (Å²) in [4.78, 5) is 25.7. The van der Waals surface area contributed by atoms with Gasteiger partial charge in [-0.15, -0.1) is 0 Å². The molecule has 142 valence electrons. The average molecular weight is 346 g/mol. The van der Waals surface area contributed by atoms with Crippen LogP contribution >= 0.6 is 0 Å². The third-order valence-corrected chi connectivity index (χ3v) is 3.00. The molecular formula is C17H34N2O5. The number of hydrogen-bond donors (Lipinski definition) is 1. The summed E-state index contributed by atoms with van der Waals surface area (Å²) in [6.45, 7) is 13.9. The number of rotatable bonds is 11. The second-order valence-corrected chi connectivity index (χ2v) is 6.47. The molecule has 0 rings (SSSR count). The minimum atomic E-state index is -0.549. The summed E-state index contributed by atoms with van der Waals surface area (Å²) in [7, 11) is 0. The topological polar surface area (TPSA) is 77.1 Å². The molecule has 2 amide bonds. The fraction of sp³-hybridized carbons (Fsp3) is 0.882. The lowest BCUT2D eigenvalue weighted by Gasteiger charge is -2.27. The van der Waals surface area contributed by atoms with Gasteiger partial charge < -0.3 is 24.4 Å². The van der Waals surface area contributed by atoms with E-state index in [4.69, 9.17) is 14.2 Å². The lowest BCUT2D eigenvalue weighted by Crippen LogP contribution is -2.43. The molecule has 0 saturated carbocycles. The first-order valence-corrected chi connectivity index (χ1v) is 8.66.